The molecule has 10 heteroatoms. The molecule has 2 aliphatic rings. The number of aliphatic hydroxyl groups is 1. The number of benzene rings is 1. The molecule has 0 amide bonds. The zero-order chi connectivity index (χ0) is 22.5. The van der Waals surface area contributed by atoms with Crippen molar-refractivity contribution in [2.45, 2.75) is 44.4 Å². The lowest BCUT2D eigenvalue weighted by Crippen LogP contribution is -2.31. The third-order valence-electron chi connectivity index (χ3n) is 6.86. The maximum absolute atomic E-state index is 11.0. The summed E-state index contributed by atoms with van der Waals surface area (Å²) in [5.41, 5.74) is 3.45. The summed E-state index contributed by atoms with van der Waals surface area (Å²) in [6.07, 6.45) is 4.93. The van der Waals surface area contributed by atoms with Gasteiger partial charge in [0.2, 0.25) is 0 Å². The Bertz CT molecular complexity index is 1240. The van der Waals surface area contributed by atoms with Gasteiger partial charge in [0, 0.05) is 24.7 Å². The number of nitrogens with one attached hydrogen (secondary N) is 2. The first-order chi connectivity index (χ1) is 15.3. The number of rotatable bonds is 6. The van der Waals surface area contributed by atoms with Crippen molar-refractivity contribution in [2.24, 2.45) is 11.8 Å². The number of fused-ring (bicyclic) bond motifs is 2. The molecule has 2 aromatic heterocycles. The topological polar surface area (TPSA) is 129 Å². The molecule has 170 valence electrons. The summed E-state index contributed by atoms with van der Waals surface area (Å²) < 4.78 is 35.0. The van der Waals surface area contributed by atoms with Crippen LogP contribution >= 0.6 is 0 Å². The zero-order valence-corrected chi connectivity index (χ0v) is 18.5. The van der Waals surface area contributed by atoms with Gasteiger partial charge in [-0.25, -0.2) is 9.97 Å². The molecule has 0 radical (unpaired) electrons. The van der Waals surface area contributed by atoms with Crippen molar-refractivity contribution in [3.63, 3.8) is 0 Å². The SMILES string of the molecule is C[C@@H]1Cc2ccccc2[C@@H]1Nc1ncnc2c1ccn2[C@@H]1C[C@@H](CNS(=O)(=O)O)[C@@H](O)C1. The maximum atomic E-state index is 11.0. The van der Waals surface area contributed by atoms with E-state index >= 15 is 0 Å². The van der Waals surface area contributed by atoms with Crippen molar-refractivity contribution in [2.75, 3.05) is 11.9 Å². The van der Waals surface area contributed by atoms with Crippen molar-refractivity contribution in [1.82, 2.24) is 19.3 Å². The van der Waals surface area contributed by atoms with E-state index in [2.05, 4.69) is 51.2 Å². The number of hydrogen-bond acceptors (Lipinski definition) is 6. The zero-order valence-electron chi connectivity index (χ0n) is 17.7. The van der Waals surface area contributed by atoms with Crippen LogP contribution in [0.1, 0.15) is 43.0 Å². The van der Waals surface area contributed by atoms with E-state index in [-0.39, 0.29) is 24.5 Å². The minimum Gasteiger partial charge on any atom is -0.393 e. The standard InChI is InChI=1S/C22H27N5O4S/c1-13-8-14-4-2-3-5-17(14)20(13)26-21-18-6-7-27(22(18)24-12-23-21)16-9-15(19(28)10-16)11-25-32(29,30)31/h2-7,12-13,15-16,19-20,25,28H,8-11H2,1H3,(H,23,24,26)(H,29,30,31)/t13-,15+,16-,19+,20-/m1/s1. The minimum atomic E-state index is -4.28. The molecule has 2 heterocycles. The minimum absolute atomic E-state index is 0.00350. The molecule has 9 nitrogen and oxygen atoms in total. The van der Waals surface area contributed by atoms with Crippen molar-refractivity contribution in [3.8, 4) is 0 Å². The smallest absolute Gasteiger partial charge is 0.333 e. The van der Waals surface area contributed by atoms with E-state index in [4.69, 9.17) is 4.55 Å². The Morgan fingerprint density at radius 3 is 2.81 bits per heavy atom. The number of aromatic nitrogens is 3. The number of hydrogen-bond donors (Lipinski definition) is 4. The summed E-state index contributed by atoms with van der Waals surface area (Å²) in [6, 6.07) is 10.6. The number of nitrogens with zero attached hydrogens (tertiary/aromatic N) is 3. The van der Waals surface area contributed by atoms with Gasteiger partial charge in [-0.05, 0) is 42.4 Å². The van der Waals surface area contributed by atoms with Crippen LogP contribution in [0.4, 0.5) is 5.82 Å². The Morgan fingerprint density at radius 2 is 2.00 bits per heavy atom. The first-order valence-electron chi connectivity index (χ1n) is 10.9. The van der Waals surface area contributed by atoms with E-state index in [9.17, 15) is 13.5 Å². The highest BCUT2D eigenvalue weighted by Crippen LogP contribution is 2.40. The van der Waals surface area contributed by atoms with Gasteiger partial charge in [0.1, 0.15) is 17.8 Å². The lowest BCUT2D eigenvalue weighted by molar-refractivity contribution is 0.133. The summed E-state index contributed by atoms with van der Waals surface area (Å²) in [5, 5.41) is 15.0. The Balaban J connectivity index is 1.38. The van der Waals surface area contributed by atoms with Gasteiger partial charge < -0.3 is 15.0 Å². The Kier molecular flexibility index (Phi) is 5.40. The van der Waals surface area contributed by atoms with Crippen LogP contribution in [0.15, 0.2) is 42.9 Å². The molecule has 1 fully saturated rings. The lowest BCUT2D eigenvalue weighted by atomic mass is 10.0. The van der Waals surface area contributed by atoms with Crippen LogP contribution in [-0.4, -0.2) is 45.3 Å². The molecule has 3 aromatic rings. The summed E-state index contributed by atoms with van der Waals surface area (Å²) in [7, 11) is -4.28. The predicted molar refractivity (Wildman–Crippen MR) is 121 cm³/mol. The van der Waals surface area contributed by atoms with Crippen LogP contribution < -0.4 is 10.0 Å². The van der Waals surface area contributed by atoms with E-state index in [0.717, 1.165) is 23.3 Å². The predicted octanol–water partition coefficient (Wildman–Crippen LogP) is 2.48. The molecule has 2 aliphatic carbocycles. The molecule has 1 aromatic carbocycles. The van der Waals surface area contributed by atoms with Gasteiger partial charge in [0.05, 0.1) is 17.5 Å². The van der Waals surface area contributed by atoms with Gasteiger partial charge in [0.25, 0.3) is 0 Å². The average Bonchev–Trinajstić information content (AvgIpc) is 3.42. The van der Waals surface area contributed by atoms with Crippen molar-refractivity contribution >= 4 is 27.2 Å². The second-order valence-electron chi connectivity index (χ2n) is 8.96. The number of aliphatic hydroxyl groups excluding tert-OH is 1. The van der Waals surface area contributed by atoms with E-state index in [1.807, 2.05) is 16.8 Å². The molecule has 0 saturated heterocycles. The van der Waals surface area contributed by atoms with E-state index in [0.29, 0.717) is 18.8 Å². The summed E-state index contributed by atoms with van der Waals surface area (Å²) in [6.45, 7) is 2.23. The Morgan fingerprint density at radius 1 is 1.19 bits per heavy atom. The van der Waals surface area contributed by atoms with Gasteiger partial charge in [-0.1, -0.05) is 31.2 Å². The molecule has 32 heavy (non-hydrogen) atoms. The maximum Gasteiger partial charge on any atom is 0.333 e. The summed E-state index contributed by atoms with van der Waals surface area (Å²) in [4.78, 5) is 9.01. The molecule has 0 aliphatic heterocycles. The van der Waals surface area contributed by atoms with Crippen LogP contribution in [0.5, 0.6) is 0 Å². The second kappa shape index (κ2) is 8.11. The highest BCUT2D eigenvalue weighted by Gasteiger charge is 2.35. The fourth-order valence-corrected chi connectivity index (χ4v) is 5.70. The number of anilines is 1. The fraction of sp³-hybridized carbons (Fsp3) is 0.455. The molecule has 5 rings (SSSR count). The molecule has 1 saturated carbocycles. The first kappa shape index (κ1) is 21.3. The molecule has 0 bridgehead atoms. The summed E-state index contributed by atoms with van der Waals surface area (Å²) in [5.74, 6) is 0.945. The molecule has 0 unspecified atom stereocenters. The van der Waals surface area contributed by atoms with Gasteiger partial charge in [-0.3, -0.25) is 4.55 Å². The van der Waals surface area contributed by atoms with Gasteiger partial charge in [-0.15, -0.1) is 0 Å². The quantitative estimate of drug-likeness (QED) is 0.419. The normalized spacial score (nSPS) is 27.7. The Hall–Kier alpha value is -2.53. The highest BCUT2D eigenvalue weighted by atomic mass is 32.2. The van der Waals surface area contributed by atoms with Crippen molar-refractivity contribution in [1.29, 1.82) is 0 Å². The molecule has 5 atom stereocenters. The molecule has 0 spiro atoms. The van der Waals surface area contributed by atoms with Crippen LogP contribution in [0.25, 0.3) is 11.0 Å². The van der Waals surface area contributed by atoms with E-state index < -0.39 is 16.4 Å². The van der Waals surface area contributed by atoms with Gasteiger partial charge >= 0.3 is 10.3 Å². The first-order valence-corrected chi connectivity index (χ1v) is 12.3. The molecular formula is C22H27N5O4S. The van der Waals surface area contributed by atoms with Crippen molar-refractivity contribution in [3.05, 3.63) is 54.0 Å². The van der Waals surface area contributed by atoms with Crippen LogP contribution in [0.3, 0.4) is 0 Å². The Labute approximate surface area is 186 Å². The van der Waals surface area contributed by atoms with E-state index in [1.165, 1.54) is 11.1 Å². The average molecular weight is 458 g/mol. The lowest BCUT2D eigenvalue weighted by Gasteiger charge is -2.20. The second-order valence-corrected chi connectivity index (χ2v) is 10.2. The van der Waals surface area contributed by atoms with Crippen LogP contribution in [0.2, 0.25) is 0 Å². The summed E-state index contributed by atoms with van der Waals surface area (Å²) >= 11 is 0. The van der Waals surface area contributed by atoms with Gasteiger partial charge in [0.15, 0.2) is 0 Å². The monoisotopic (exact) mass is 457 g/mol. The van der Waals surface area contributed by atoms with Crippen LogP contribution in [0, 0.1) is 11.8 Å². The van der Waals surface area contributed by atoms with E-state index in [1.54, 1.807) is 6.33 Å². The highest BCUT2D eigenvalue weighted by molar-refractivity contribution is 7.83. The third-order valence-corrected chi connectivity index (χ3v) is 7.39. The largest absolute Gasteiger partial charge is 0.393 e. The van der Waals surface area contributed by atoms with Crippen LogP contribution in [-0.2, 0) is 16.7 Å². The van der Waals surface area contributed by atoms with Gasteiger partial charge in [-0.2, -0.15) is 13.1 Å². The molecule has 4 N–H and O–H groups in total. The van der Waals surface area contributed by atoms with Crippen molar-refractivity contribution < 1.29 is 18.1 Å². The fourth-order valence-electron chi connectivity index (χ4n) is 5.28. The third kappa shape index (κ3) is 3.99. The molecular weight excluding hydrogens is 430 g/mol.